The third-order valence-corrected chi connectivity index (χ3v) is 3.97. The molecule has 0 atom stereocenters. The van der Waals surface area contributed by atoms with Crippen molar-refractivity contribution in [2.24, 2.45) is 0 Å². The molecule has 21 heavy (non-hydrogen) atoms. The Balaban J connectivity index is 1.86. The summed E-state index contributed by atoms with van der Waals surface area (Å²) in [6.07, 6.45) is 1.01. The molecule has 4 heteroatoms. The maximum atomic E-state index is 4.72. The number of nitrogens with one attached hydrogen (secondary N) is 1. The first-order valence-corrected chi connectivity index (χ1v) is 7.24. The summed E-state index contributed by atoms with van der Waals surface area (Å²) in [6.45, 7) is 3.89. The van der Waals surface area contributed by atoms with Crippen molar-refractivity contribution in [3.05, 3.63) is 53.3 Å². The van der Waals surface area contributed by atoms with E-state index in [9.17, 15) is 0 Å². The van der Waals surface area contributed by atoms with E-state index in [4.69, 9.17) is 9.97 Å². The predicted octanol–water partition coefficient (Wildman–Crippen LogP) is 2.65. The summed E-state index contributed by atoms with van der Waals surface area (Å²) in [6, 6.07) is 12.2. The molecule has 0 unspecified atom stereocenters. The Morgan fingerprint density at radius 2 is 1.90 bits per heavy atom. The molecule has 0 spiro atoms. The molecule has 0 aliphatic carbocycles. The van der Waals surface area contributed by atoms with E-state index in [1.54, 1.807) is 0 Å². The summed E-state index contributed by atoms with van der Waals surface area (Å²) in [4.78, 5) is 14.1. The van der Waals surface area contributed by atoms with Crippen LogP contribution in [0.5, 0.6) is 0 Å². The van der Waals surface area contributed by atoms with Gasteiger partial charge in [-0.3, -0.25) is 0 Å². The third-order valence-electron chi connectivity index (χ3n) is 3.97. The van der Waals surface area contributed by atoms with Crippen molar-refractivity contribution < 1.29 is 0 Å². The maximum Gasteiger partial charge on any atom is 0.178 e. The van der Waals surface area contributed by atoms with E-state index in [1.807, 2.05) is 24.3 Å². The van der Waals surface area contributed by atoms with Crippen LogP contribution in [0.3, 0.4) is 0 Å². The molecule has 0 radical (unpaired) electrons. The summed E-state index contributed by atoms with van der Waals surface area (Å²) < 4.78 is 0. The molecular weight excluding hydrogens is 260 g/mol. The minimum atomic E-state index is 0.723. The van der Waals surface area contributed by atoms with Gasteiger partial charge >= 0.3 is 0 Å². The lowest BCUT2D eigenvalue weighted by atomic mass is 10.0. The molecule has 104 valence electrons. The van der Waals surface area contributed by atoms with Crippen LogP contribution in [0, 0.1) is 6.92 Å². The van der Waals surface area contributed by atoms with Crippen molar-refractivity contribution in [2.45, 2.75) is 19.9 Å². The molecule has 4 rings (SSSR count). The first kappa shape index (κ1) is 12.4. The first-order valence-electron chi connectivity index (χ1n) is 7.24. The van der Waals surface area contributed by atoms with Gasteiger partial charge in [-0.05, 0) is 37.6 Å². The van der Waals surface area contributed by atoms with Crippen molar-refractivity contribution in [3.8, 4) is 11.5 Å². The number of aryl methyl sites for hydroxylation is 1. The second-order valence-electron chi connectivity index (χ2n) is 5.37. The number of hydrogen-bond donors (Lipinski definition) is 1. The van der Waals surface area contributed by atoms with Crippen molar-refractivity contribution in [2.75, 3.05) is 6.54 Å². The molecule has 0 saturated carbocycles. The molecule has 3 aromatic rings. The van der Waals surface area contributed by atoms with E-state index in [1.165, 1.54) is 5.56 Å². The minimum Gasteiger partial charge on any atom is -0.311 e. The van der Waals surface area contributed by atoms with Gasteiger partial charge in [0.2, 0.25) is 0 Å². The Labute approximate surface area is 123 Å². The quantitative estimate of drug-likeness (QED) is 0.742. The molecule has 0 saturated heterocycles. The van der Waals surface area contributed by atoms with Crippen LogP contribution in [0.4, 0.5) is 0 Å². The van der Waals surface area contributed by atoms with Gasteiger partial charge in [0.1, 0.15) is 5.69 Å². The molecule has 1 N–H and O–H groups in total. The van der Waals surface area contributed by atoms with E-state index >= 15 is 0 Å². The lowest BCUT2D eigenvalue weighted by molar-refractivity contribution is 0.620. The van der Waals surface area contributed by atoms with Gasteiger partial charge in [0.15, 0.2) is 5.82 Å². The summed E-state index contributed by atoms with van der Waals surface area (Å²) in [5.74, 6) is 0.723. The molecule has 0 amide bonds. The van der Waals surface area contributed by atoms with Crippen molar-refractivity contribution >= 4 is 10.9 Å². The highest BCUT2D eigenvalue weighted by molar-refractivity contribution is 5.80. The van der Waals surface area contributed by atoms with Crippen LogP contribution in [0.1, 0.15) is 17.0 Å². The number of hydrogen-bond acceptors (Lipinski definition) is 4. The highest BCUT2D eigenvalue weighted by Gasteiger charge is 2.16. The molecular formula is C17H16N4. The second kappa shape index (κ2) is 4.90. The average molecular weight is 276 g/mol. The van der Waals surface area contributed by atoms with Gasteiger partial charge in [0.05, 0.1) is 11.2 Å². The van der Waals surface area contributed by atoms with Crippen LogP contribution in [0.25, 0.3) is 22.4 Å². The largest absolute Gasteiger partial charge is 0.311 e. The van der Waals surface area contributed by atoms with Crippen LogP contribution in [-0.4, -0.2) is 21.5 Å². The molecule has 1 aliphatic heterocycles. The average Bonchev–Trinajstić information content (AvgIpc) is 2.54. The molecule has 0 fully saturated rings. The smallest absolute Gasteiger partial charge is 0.178 e. The van der Waals surface area contributed by atoms with Crippen LogP contribution in [0.2, 0.25) is 0 Å². The van der Waals surface area contributed by atoms with E-state index in [2.05, 4.69) is 29.4 Å². The normalized spacial score (nSPS) is 14.1. The zero-order chi connectivity index (χ0) is 14.2. The van der Waals surface area contributed by atoms with Gasteiger partial charge < -0.3 is 5.32 Å². The monoisotopic (exact) mass is 276 g/mol. The number of aromatic nitrogens is 3. The summed E-state index contributed by atoms with van der Waals surface area (Å²) in [5.41, 5.74) is 5.29. The zero-order valence-corrected chi connectivity index (χ0v) is 11.9. The van der Waals surface area contributed by atoms with E-state index in [-0.39, 0.29) is 0 Å². The lowest BCUT2D eigenvalue weighted by Gasteiger charge is -2.18. The van der Waals surface area contributed by atoms with E-state index in [0.29, 0.717) is 0 Å². The predicted molar refractivity (Wildman–Crippen MR) is 82.9 cm³/mol. The van der Waals surface area contributed by atoms with E-state index in [0.717, 1.165) is 53.3 Å². The molecule has 1 aromatic carbocycles. The molecule has 0 bridgehead atoms. The maximum absolute atomic E-state index is 4.72. The molecule has 4 nitrogen and oxygen atoms in total. The highest BCUT2D eigenvalue weighted by atomic mass is 15.0. The number of pyridine rings is 1. The number of nitrogens with zero attached hydrogens (tertiary/aromatic N) is 3. The van der Waals surface area contributed by atoms with Gasteiger partial charge in [0.25, 0.3) is 0 Å². The Kier molecular flexibility index (Phi) is 2.89. The number of fused-ring (bicyclic) bond motifs is 2. The number of rotatable bonds is 1. The Morgan fingerprint density at radius 3 is 2.86 bits per heavy atom. The minimum absolute atomic E-state index is 0.723. The zero-order valence-electron chi connectivity index (χ0n) is 11.9. The highest BCUT2D eigenvalue weighted by Crippen LogP contribution is 2.22. The SMILES string of the molecule is Cc1nc(-c2ccc3ccccc3n2)nc2c1CCNC2. The Hall–Kier alpha value is -2.33. The van der Waals surface area contributed by atoms with Gasteiger partial charge in [-0.25, -0.2) is 15.0 Å². The number of benzene rings is 1. The standard InChI is InChI=1S/C17H16N4/c1-11-13-8-9-18-10-16(13)21-17(19-11)15-7-6-12-4-2-3-5-14(12)20-15/h2-7,18H,8-10H2,1H3. The fraction of sp³-hybridized carbons (Fsp3) is 0.235. The summed E-state index contributed by atoms with van der Waals surface area (Å²) in [7, 11) is 0. The molecule has 2 aromatic heterocycles. The van der Waals surface area contributed by atoms with Gasteiger partial charge in [0, 0.05) is 17.6 Å². The number of para-hydroxylation sites is 1. The second-order valence-corrected chi connectivity index (χ2v) is 5.37. The van der Waals surface area contributed by atoms with Crippen molar-refractivity contribution in [3.63, 3.8) is 0 Å². The fourth-order valence-corrected chi connectivity index (χ4v) is 2.85. The first-order chi connectivity index (χ1) is 10.3. The summed E-state index contributed by atoms with van der Waals surface area (Å²) >= 11 is 0. The Bertz CT molecular complexity index is 826. The third kappa shape index (κ3) is 2.17. The van der Waals surface area contributed by atoms with Crippen LogP contribution >= 0.6 is 0 Å². The van der Waals surface area contributed by atoms with Gasteiger partial charge in [-0.2, -0.15) is 0 Å². The van der Waals surface area contributed by atoms with Crippen molar-refractivity contribution in [1.82, 2.24) is 20.3 Å². The van der Waals surface area contributed by atoms with Crippen LogP contribution in [-0.2, 0) is 13.0 Å². The topological polar surface area (TPSA) is 50.7 Å². The molecule has 1 aliphatic rings. The Morgan fingerprint density at radius 1 is 1.00 bits per heavy atom. The lowest BCUT2D eigenvalue weighted by Crippen LogP contribution is -2.26. The summed E-state index contributed by atoms with van der Waals surface area (Å²) in [5, 5.41) is 4.50. The fourth-order valence-electron chi connectivity index (χ4n) is 2.85. The van der Waals surface area contributed by atoms with Crippen LogP contribution in [0.15, 0.2) is 36.4 Å². The van der Waals surface area contributed by atoms with E-state index < -0.39 is 0 Å². The van der Waals surface area contributed by atoms with Crippen LogP contribution < -0.4 is 5.32 Å². The van der Waals surface area contributed by atoms with Crippen molar-refractivity contribution in [1.29, 1.82) is 0 Å². The van der Waals surface area contributed by atoms with Gasteiger partial charge in [-0.15, -0.1) is 0 Å². The van der Waals surface area contributed by atoms with Gasteiger partial charge in [-0.1, -0.05) is 24.3 Å². The molecule has 3 heterocycles.